The lowest BCUT2D eigenvalue weighted by molar-refractivity contribution is 0.125. The molecule has 48 heavy (non-hydrogen) atoms. The van der Waals surface area contributed by atoms with Crippen LogP contribution in [-0.2, 0) is 17.3 Å². The summed E-state index contributed by atoms with van der Waals surface area (Å²) in [7, 11) is 0. The van der Waals surface area contributed by atoms with Crippen LogP contribution in [0, 0.1) is 5.41 Å². The lowest BCUT2D eigenvalue weighted by Gasteiger charge is -2.44. The summed E-state index contributed by atoms with van der Waals surface area (Å²) in [5.41, 5.74) is 16.3. The Balaban J connectivity index is 1.25. The maximum atomic E-state index is 2.59. The van der Waals surface area contributed by atoms with E-state index in [9.17, 15) is 0 Å². The zero-order chi connectivity index (χ0) is 33.3. The van der Waals surface area contributed by atoms with E-state index in [1.807, 2.05) is 0 Å². The summed E-state index contributed by atoms with van der Waals surface area (Å²) in [5, 5.41) is 0. The van der Waals surface area contributed by atoms with Crippen LogP contribution in [0.4, 0.5) is 17.1 Å². The molecule has 2 aliphatic rings. The molecule has 6 aromatic rings. The van der Waals surface area contributed by atoms with Gasteiger partial charge in [0.05, 0.1) is 0 Å². The second-order valence-electron chi connectivity index (χ2n) is 15.5. The highest BCUT2D eigenvalue weighted by Gasteiger charge is 2.57. The first-order valence-electron chi connectivity index (χ1n) is 17.5. The van der Waals surface area contributed by atoms with Crippen molar-refractivity contribution in [2.24, 2.45) is 5.41 Å². The Bertz CT molecular complexity index is 2060. The molecular formula is C47H45N. The Labute approximate surface area is 286 Å². The average molecular weight is 624 g/mol. The van der Waals surface area contributed by atoms with Gasteiger partial charge in [-0.25, -0.2) is 0 Å². The average Bonchev–Trinajstić information content (AvgIpc) is 3.21. The topological polar surface area (TPSA) is 3.24 Å². The highest BCUT2D eigenvalue weighted by atomic mass is 15.1. The Kier molecular flexibility index (Phi) is 7.04. The molecule has 0 radical (unpaired) electrons. The van der Waals surface area contributed by atoms with Crippen molar-refractivity contribution in [3.63, 3.8) is 0 Å². The number of fused-ring (bicyclic) bond motifs is 4. The summed E-state index contributed by atoms with van der Waals surface area (Å²) in [4.78, 5) is 2.32. The lowest BCUT2D eigenvalue weighted by atomic mass is 9.59. The van der Waals surface area contributed by atoms with Crippen molar-refractivity contribution in [1.82, 2.24) is 0 Å². The SMILES string of the molecule is CC1(C)c2cc3c(cc2C(C)(C)C1(C)C)-c1cc(-c2ccc(N(c4ccccc4)c4ccccc4)cc2)ccc1C(c1ccccc1)C3. The van der Waals surface area contributed by atoms with Gasteiger partial charge in [0.1, 0.15) is 0 Å². The molecule has 0 aliphatic heterocycles. The standard InChI is InChI=1S/C47H45N/c1-45(2)43-30-35-29-40(33-16-10-7-11-17-33)39-27-24-34(28-42(39)41(35)31-44(43)46(3,4)47(45,5)6)32-22-25-38(26-23-32)48(36-18-12-8-13-19-36)37-20-14-9-15-21-37/h7-28,30-31,40H,29H2,1-6H3. The zero-order valence-corrected chi connectivity index (χ0v) is 29.1. The van der Waals surface area contributed by atoms with Crippen molar-refractivity contribution in [3.05, 3.63) is 173 Å². The molecule has 238 valence electrons. The second-order valence-corrected chi connectivity index (χ2v) is 15.5. The first-order valence-corrected chi connectivity index (χ1v) is 17.5. The van der Waals surface area contributed by atoms with Crippen LogP contribution in [0.15, 0.2) is 146 Å². The van der Waals surface area contributed by atoms with Gasteiger partial charge in [0, 0.05) is 23.0 Å². The van der Waals surface area contributed by atoms with Gasteiger partial charge >= 0.3 is 0 Å². The van der Waals surface area contributed by atoms with Crippen molar-refractivity contribution >= 4 is 17.1 Å². The van der Waals surface area contributed by atoms with Gasteiger partial charge in [-0.1, -0.05) is 145 Å². The molecule has 6 aromatic carbocycles. The van der Waals surface area contributed by atoms with E-state index >= 15 is 0 Å². The highest BCUT2D eigenvalue weighted by Crippen LogP contribution is 2.63. The molecule has 1 atom stereocenters. The minimum atomic E-state index is 0.0636. The minimum absolute atomic E-state index is 0.0636. The van der Waals surface area contributed by atoms with Crippen LogP contribution < -0.4 is 4.90 Å². The predicted octanol–water partition coefficient (Wildman–Crippen LogP) is 12.8. The van der Waals surface area contributed by atoms with Gasteiger partial charge in [-0.15, -0.1) is 0 Å². The fourth-order valence-corrected chi connectivity index (χ4v) is 8.54. The number of para-hydroxylation sites is 2. The maximum absolute atomic E-state index is 2.59. The van der Waals surface area contributed by atoms with Gasteiger partial charge in [0.15, 0.2) is 0 Å². The Hall–Kier alpha value is -4.88. The van der Waals surface area contributed by atoms with Crippen molar-refractivity contribution in [1.29, 1.82) is 0 Å². The first kappa shape index (κ1) is 30.5. The fraction of sp³-hybridized carbons (Fsp3) is 0.234. The fourth-order valence-electron chi connectivity index (χ4n) is 8.54. The van der Waals surface area contributed by atoms with Gasteiger partial charge in [-0.2, -0.15) is 0 Å². The maximum Gasteiger partial charge on any atom is 0.0462 e. The zero-order valence-electron chi connectivity index (χ0n) is 29.1. The second kappa shape index (κ2) is 11.1. The molecule has 0 saturated carbocycles. The van der Waals surface area contributed by atoms with E-state index in [2.05, 4.69) is 192 Å². The van der Waals surface area contributed by atoms with Gasteiger partial charge in [-0.05, 0) is 115 Å². The summed E-state index contributed by atoms with van der Waals surface area (Å²) in [5.74, 6) is 0.332. The van der Waals surface area contributed by atoms with Gasteiger partial charge in [-0.3, -0.25) is 0 Å². The molecule has 2 aliphatic carbocycles. The predicted molar refractivity (Wildman–Crippen MR) is 204 cm³/mol. The van der Waals surface area contributed by atoms with Crippen molar-refractivity contribution in [2.45, 2.75) is 64.7 Å². The van der Waals surface area contributed by atoms with E-state index in [0.717, 1.165) is 23.5 Å². The third-order valence-electron chi connectivity index (χ3n) is 12.5. The molecule has 0 N–H and O–H groups in total. The van der Waals surface area contributed by atoms with E-state index in [1.165, 1.54) is 50.1 Å². The van der Waals surface area contributed by atoms with Gasteiger partial charge < -0.3 is 4.90 Å². The van der Waals surface area contributed by atoms with E-state index in [-0.39, 0.29) is 16.2 Å². The molecule has 1 heteroatoms. The van der Waals surface area contributed by atoms with Crippen molar-refractivity contribution in [3.8, 4) is 22.3 Å². The number of nitrogens with zero attached hydrogens (tertiary/aromatic N) is 1. The van der Waals surface area contributed by atoms with Crippen molar-refractivity contribution in [2.75, 3.05) is 4.90 Å². The molecule has 0 spiro atoms. The van der Waals surface area contributed by atoms with Crippen molar-refractivity contribution < 1.29 is 0 Å². The number of rotatable bonds is 5. The van der Waals surface area contributed by atoms with Crippen LogP contribution in [0.5, 0.6) is 0 Å². The minimum Gasteiger partial charge on any atom is -0.311 e. The Morgan fingerprint density at radius 2 is 0.979 bits per heavy atom. The Morgan fingerprint density at radius 1 is 0.479 bits per heavy atom. The first-order chi connectivity index (χ1) is 23.1. The molecule has 0 heterocycles. The Morgan fingerprint density at radius 3 is 1.56 bits per heavy atom. The van der Waals surface area contributed by atoms with Gasteiger partial charge in [0.2, 0.25) is 0 Å². The largest absolute Gasteiger partial charge is 0.311 e. The lowest BCUT2D eigenvalue weighted by Crippen LogP contribution is -2.42. The summed E-state index contributed by atoms with van der Waals surface area (Å²) in [6.45, 7) is 14.7. The molecule has 0 fully saturated rings. The molecular weight excluding hydrogens is 579 g/mol. The van der Waals surface area contributed by atoms with E-state index < -0.39 is 0 Å². The van der Waals surface area contributed by atoms with Crippen LogP contribution in [0.1, 0.15) is 75.3 Å². The summed E-state index contributed by atoms with van der Waals surface area (Å²) < 4.78 is 0. The van der Waals surface area contributed by atoms with Crippen LogP contribution in [0.3, 0.4) is 0 Å². The summed E-state index contributed by atoms with van der Waals surface area (Å²) >= 11 is 0. The number of benzene rings is 6. The van der Waals surface area contributed by atoms with E-state index in [1.54, 1.807) is 0 Å². The third-order valence-corrected chi connectivity index (χ3v) is 12.5. The summed E-state index contributed by atoms with van der Waals surface area (Å²) in [6, 6.07) is 53.8. The quantitative estimate of drug-likeness (QED) is 0.185. The molecule has 0 aromatic heterocycles. The van der Waals surface area contributed by atoms with Crippen LogP contribution >= 0.6 is 0 Å². The van der Waals surface area contributed by atoms with Gasteiger partial charge in [0.25, 0.3) is 0 Å². The molecule has 0 amide bonds. The molecule has 1 nitrogen and oxygen atoms in total. The smallest absolute Gasteiger partial charge is 0.0462 e. The molecule has 8 rings (SSSR count). The van der Waals surface area contributed by atoms with Crippen LogP contribution in [0.25, 0.3) is 22.3 Å². The third kappa shape index (κ3) is 4.59. The number of hydrogen-bond donors (Lipinski definition) is 0. The highest BCUT2D eigenvalue weighted by molar-refractivity contribution is 5.83. The van der Waals surface area contributed by atoms with E-state index in [0.29, 0.717) is 5.92 Å². The van der Waals surface area contributed by atoms with Crippen LogP contribution in [-0.4, -0.2) is 0 Å². The normalized spacial score (nSPS) is 18.0. The monoisotopic (exact) mass is 623 g/mol. The molecule has 1 unspecified atom stereocenters. The number of anilines is 3. The van der Waals surface area contributed by atoms with E-state index in [4.69, 9.17) is 0 Å². The van der Waals surface area contributed by atoms with Crippen LogP contribution in [0.2, 0.25) is 0 Å². The summed E-state index contributed by atoms with van der Waals surface area (Å²) in [6.07, 6.45) is 1.03. The molecule has 0 bridgehead atoms. The molecule has 0 saturated heterocycles. The number of hydrogen-bond acceptors (Lipinski definition) is 1.